The van der Waals surface area contributed by atoms with Crippen LogP contribution in [0.2, 0.25) is 0 Å². The van der Waals surface area contributed by atoms with Crippen LogP contribution in [-0.4, -0.2) is 16.8 Å². The number of fused-ring (bicyclic) bond motifs is 1. The van der Waals surface area contributed by atoms with Crippen LogP contribution in [0.25, 0.3) is 11.1 Å². The van der Waals surface area contributed by atoms with E-state index in [0.29, 0.717) is 11.5 Å². The molecule has 5 nitrogen and oxygen atoms in total. The molecule has 2 aliphatic rings. The number of cyclic esters (lactones) is 1. The summed E-state index contributed by atoms with van der Waals surface area (Å²) in [4.78, 5) is 12.2. The highest BCUT2D eigenvalue weighted by Crippen LogP contribution is 2.45. The summed E-state index contributed by atoms with van der Waals surface area (Å²) in [6, 6.07) is 15.8. The molecule has 4 rings (SSSR count). The molecule has 25 heavy (non-hydrogen) atoms. The van der Waals surface area contributed by atoms with Crippen molar-refractivity contribution in [3.63, 3.8) is 0 Å². The molecule has 0 aromatic heterocycles. The maximum absolute atomic E-state index is 12.2. The monoisotopic (exact) mass is 335 g/mol. The van der Waals surface area contributed by atoms with Gasteiger partial charge < -0.3 is 19.9 Å². The average molecular weight is 335 g/mol. The lowest BCUT2D eigenvalue weighted by Crippen LogP contribution is -2.47. The molecule has 0 fully saturated rings. The Hall–Kier alpha value is -3.21. The smallest absolute Gasteiger partial charge is 0.349 e. The van der Waals surface area contributed by atoms with Crippen LogP contribution in [-0.2, 0) is 9.53 Å². The van der Waals surface area contributed by atoms with Gasteiger partial charge in [-0.3, -0.25) is 0 Å². The number of esters is 1. The Morgan fingerprint density at radius 1 is 1.12 bits per heavy atom. The van der Waals surface area contributed by atoms with Gasteiger partial charge in [0.25, 0.3) is 0 Å². The Morgan fingerprint density at radius 2 is 1.88 bits per heavy atom. The van der Waals surface area contributed by atoms with E-state index in [2.05, 4.69) is 5.32 Å². The van der Waals surface area contributed by atoms with E-state index in [-0.39, 0.29) is 11.3 Å². The Morgan fingerprint density at radius 3 is 2.60 bits per heavy atom. The number of nitrogens with one attached hydrogen (secondary N) is 1. The Bertz CT molecular complexity index is 926. The second-order valence-electron chi connectivity index (χ2n) is 6.14. The van der Waals surface area contributed by atoms with Gasteiger partial charge in [-0.25, -0.2) is 4.79 Å². The third kappa shape index (κ3) is 2.45. The fourth-order valence-electron chi connectivity index (χ4n) is 3.26. The lowest BCUT2D eigenvalue weighted by molar-refractivity contribution is -0.138. The summed E-state index contributed by atoms with van der Waals surface area (Å²) in [7, 11) is 0. The zero-order chi connectivity index (χ0) is 17.6. The van der Waals surface area contributed by atoms with Gasteiger partial charge >= 0.3 is 5.97 Å². The Labute approximate surface area is 145 Å². The van der Waals surface area contributed by atoms with E-state index in [4.69, 9.17) is 9.47 Å². The number of allylic oxidation sites excluding steroid dienone is 2. The molecule has 0 saturated carbocycles. The largest absolute Gasteiger partial charge is 0.512 e. The lowest BCUT2D eigenvalue weighted by Gasteiger charge is -2.31. The maximum atomic E-state index is 12.2. The highest BCUT2D eigenvalue weighted by molar-refractivity contribution is 5.95. The van der Waals surface area contributed by atoms with Crippen molar-refractivity contribution in [3.8, 4) is 16.9 Å². The molecular weight excluding hydrogens is 318 g/mol. The van der Waals surface area contributed by atoms with Gasteiger partial charge in [0, 0.05) is 6.08 Å². The predicted octanol–water partition coefficient (Wildman–Crippen LogP) is 4.15. The average Bonchev–Trinajstić information content (AvgIpc) is 2.90. The van der Waals surface area contributed by atoms with E-state index < -0.39 is 11.7 Å². The van der Waals surface area contributed by atoms with E-state index in [9.17, 15) is 9.90 Å². The minimum Gasteiger partial charge on any atom is -0.512 e. The summed E-state index contributed by atoms with van der Waals surface area (Å²) in [5.41, 5.74) is 1.65. The van der Waals surface area contributed by atoms with E-state index in [1.807, 2.05) is 48.5 Å². The number of ether oxygens (including phenoxy) is 2. The minimum atomic E-state index is -1.25. The number of hydrogen-bond donors (Lipinski definition) is 2. The van der Waals surface area contributed by atoms with Gasteiger partial charge in [-0.15, -0.1) is 0 Å². The fraction of sp³-hybridized carbons (Fsp3) is 0.150. The molecule has 126 valence electrons. The highest BCUT2D eigenvalue weighted by Gasteiger charge is 2.49. The van der Waals surface area contributed by atoms with Gasteiger partial charge in [0.1, 0.15) is 22.8 Å². The fourth-order valence-corrected chi connectivity index (χ4v) is 3.26. The van der Waals surface area contributed by atoms with Crippen LogP contribution in [0.3, 0.4) is 0 Å². The molecule has 0 radical (unpaired) electrons. The molecule has 5 heteroatoms. The number of hydrogen-bond acceptors (Lipinski definition) is 5. The molecule has 2 N–H and O–H groups in total. The highest BCUT2D eigenvalue weighted by atomic mass is 16.6. The van der Waals surface area contributed by atoms with Crippen molar-refractivity contribution in [1.82, 2.24) is 0 Å². The van der Waals surface area contributed by atoms with Crippen molar-refractivity contribution in [1.29, 1.82) is 0 Å². The quantitative estimate of drug-likeness (QED) is 0.465. The maximum Gasteiger partial charge on any atom is 0.349 e. The first-order chi connectivity index (χ1) is 12.0. The lowest BCUT2D eigenvalue weighted by atomic mass is 9.98. The summed E-state index contributed by atoms with van der Waals surface area (Å²) in [5.74, 6) is 0.261. The van der Waals surface area contributed by atoms with Gasteiger partial charge in [0.05, 0.1) is 5.69 Å². The third-order valence-corrected chi connectivity index (χ3v) is 4.28. The van der Waals surface area contributed by atoms with Crippen molar-refractivity contribution < 1.29 is 19.4 Å². The van der Waals surface area contributed by atoms with Gasteiger partial charge in [-0.05, 0) is 37.1 Å². The van der Waals surface area contributed by atoms with Crippen molar-refractivity contribution in [3.05, 3.63) is 71.7 Å². The second-order valence-corrected chi connectivity index (χ2v) is 6.14. The third-order valence-electron chi connectivity index (χ3n) is 4.28. The number of carbonyl (C=O) groups is 1. The van der Waals surface area contributed by atoms with Crippen LogP contribution in [0.15, 0.2) is 71.7 Å². The first-order valence-electron chi connectivity index (χ1n) is 7.97. The molecule has 2 aliphatic heterocycles. The summed E-state index contributed by atoms with van der Waals surface area (Å²) >= 11 is 0. The molecule has 0 unspecified atom stereocenters. The van der Waals surface area contributed by atoms with Crippen LogP contribution in [0.1, 0.15) is 13.8 Å². The molecule has 1 atom stereocenters. The van der Waals surface area contributed by atoms with E-state index in [0.717, 1.165) is 16.8 Å². The molecule has 0 amide bonds. The topological polar surface area (TPSA) is 67.8 Å². The van der Waals surface area contributed by atoms with Gasteiger partial charge in [0.15, 0.2) is 0 Å². The van der Waals surface area contributed by atoms with Crippen LogP contribution < -0.4 is 10.1 Å². The summed E-state index contributed by atoms with van der Waals surface area (Å²) < 4.78 is 11.2. The van der Waals surface area contributed by atoms with Crippen LogP contribution >= 0.6 is 0 Å². The van der Waals surface area contributed by atoms with Crippen LogP contribution in [0, 0.1) is 0 Å². The molecule has 2 heterocycles. The Kier molecular flexibility index (Phi) is 3.32. The minimum absolute atomic E-state index is 0.0514. The first-order valence-corrected chi connectivity index (χ1v) is 7.97. The van der Waals surface area contributed by atoms with Gasteiger partial charge in [-0.1, -0.05) is 36.4 Å². The SMILES string of the molecule is CC1=C[C@]2(Nc3cc(-c4ccccc4)ccc3O2)C(=C(C)O)C(=O)O1. The van der Waals surface area contributed by atoms with E-state index in [1.54, 1.807) is 13.0 Å². The van der Waals surface area contributed by atoms with Crippen molar-refractivity contribution in [2.24, 2.45) is 0 Å². The van der Waals surface area contributed by atoms with E-state index in [1.165, 1.54) is 6.92 Å². The molecule has 0 saturated heterocycles. The Balaban J connectivity index is 1.79. The summed E-state index contributed by atoms with van der Waals surface area (Å²) in [6.45, 7) is 3.11. The number of aliphatic hydroxyl groups is 1. The molecule has 1 spiro atoms. The number of benzene rings is 2. The zero-order valence-electron chi connectivity index (χ0n) is 13.9. The van der Waals surface area contributed by atoms with Crippen molar-refractivity contribution >= 4 is 11.7 Å². The van der Waals surface area contributed by atoms with Gasteiger partial charge in [-0.2, -0.15) is 0 Å². The molecular formula is C20H17NO4. The zero-order valence-corrected chi connectivity index (χ0v) is 13.9. The first kappa shape index (κ1) is 15.3. The summed E-state index contributed by atoms with van der Waals surface area (Å²) in [5, 5.41) is 13.2. The number of rotatable bonds is 1. The molecule has 0 aliphatic carbocycles. The number of anilines is 1. The van der Waals surface area contributed by atoms with Crippen LogP contribution in [0.4, 0.5) is 5.69 Å². The number of aliphatic hydroxyl groups excluding tert-OH is 1. The molecule has 2 aromatic carbocycles. The summed E-state index contributed by atoms with van der Waals surface area (Å²) in [6.07, 6.45) is 1.66. The standard InChI is InChI=1S/C20H17NO4/c1-12-11-20(18(13(2)22)19(23)24-12)21-16-10-15(8-9-17(16)25-20)14-6-4-3-5-7-14/h3-11,21-22H,1-2H3/t20-/m1/s1. The van der Waals surface area contributed by atoms with Crippen LogP contribution in [0.5, 0.6) is 5.75 Å². The van der Waals surface area contributed by atoms with Crippen molar-refractivity contribution in [2.45, 2.75) is 19.6 Å². The molecule has 0 bridgehead atoms. The number of carbonyl (C=O) groups excluding carboxylic acids is 1. The second kappa shape index (κ2) is 5.41. The van der Waals surface area contributed by atoms with Crippen molar-refractivity contribution in [2.75, 3.05) is 5.32 Å². The predicted molar refractivity (Wildman–Crippen MR) is 94.0 cm³/mol. The van der Waals surface area contributed by atoms with E-state index >= 15 is 0 Å². The van der Waals surface area contributed by atoms with Gasteiger partial charge in [0.2, 0.25) is 5.72 Å². The normalized spacial score (nSPS) is 23.3. The molecule has 2 aromatic rings.